The molecule has 6 nitrogen and oxygen atoms in total. The van der Waals surface area contributed by atoms with Gasteiger partial charge in [0.05, 0.1) is 12.4 Å². The average Bonchev–Trinajstić information content (AvgIpc) is 3.27. The third-order valence-corrected chi connectivity index (χ3v) is 5.70. The van der Waals surface area contributed by atoms with Gasteiger partial charge in [-0.2, -0.15) is 10.2 Å². The van der Waals surface area contributed by atoms with Crippen LogP contribution in [0.25, 0.3) is 0 Å². The minimum atomic E-state index is 0.0646. The van der Waals surface area contributed by atoms with Crippen LogP contribution in [0, 0.1) is 0 Å². The standard InChI is InChI=1S/C19H27N5O/c1-2-3-9-24-19-16(12-21-24)14(10-17(25)22-19)15-11-20-23-18(15)13-7-5-4-6-8-13/h11-14H,2-10H2,1H3,(H,20,23)(H,22,25). The highest BCUT2D eigenvalue weighted by atomic mass is 16.1. The summed E-state index contributed by atoms with van der Waals surface area (Å²) in [7, 11) is 0. The van der Waals surface area contributed by atoms with E-state index in [1.165, 1.54) is 43.4 Å². The van der Waals surface area contributed by atoms with Crippen LogP contribution in [-0.2, 0) is 11.3 Å². The van der Waals surface area contributed by atoms with Crippen molar-refractivity contribution in [1.29, 1.82) is 0 Å². The summed E-state index contributed by atoms with van der Waals surface area (Å²) < 4.78 is 1.95. The Morgan fingerprint density at radius 1 is 1.20 bits per heavy atom. The summed E-state index contributed by atoms with van der Waals surface area (Å²) in [6, 6.07) is 0. The minimum Gasteiger partial charge on any atom is -0.311 e. The fraction of sp³-hybridized carbons (Fsp3) is 0.632. The van der Waals surface area contributed by atoms with Crippen molar-refractivity contribution in [3.05, 3.63) is 29.2 Å². The first kappa shape index (κ1) is 16.4. The smallest absolute Gasteiger partial charge is 0.226 e. The molecule has 2 aliphatic rings. The second kappa shape index (κ2) is 7.02. The van der Waals surface area contributed by atoms with E-state index in [1.807, 2.05) is 17.1 Å². The van der Waals surface area contributed by atoms with Gasteiger partial charge in [0.2, 0.25) is 5.91 Å². The highest BCUT2D eigenvalue weighted by Crippen LogP contribution is 2.42. The van der Waals surface area contributed by atoms with E-state index in [4.69, 9.17) is 0 Å². The summed E-state index contributed by atoms with van der Waals surface area (Å²) in [5.41, 5.74) is 3.57. The van der Waals surface area contributed by atoms with E-state index in [2.05, 4.69) is 27.5 Å². The first-order valence-corrected chi connectivity index (χ1v) is 9.66. The molecule has 0 spiro atoms. The lowest BCUT2D eigenvalue weighted by Gasteiger charge is -2.27. The molecule has 1 amide bonds. The number of aryl methyl sites for hydroxylation is 1. The van der Waals surface area contributed by atoms with E-state index in [9.17, 15) is 4.79 Å². The molecule has 0 saturated heterocycles. The second-order valence-corrected chi connectivity index (χ2v) is 7.40. The number of aromatic amines is 1. The molecule has 0 bridgehead atoms. The lowest BCUT2D eigenvalue weighted by atomic mass is 9.80. The van der Waals surface area contributed by atoms with Crippen molar-refractivity contribution in [3.8, 4) is 0 Å². The van der Waals surface area contributed by atoms with Crippen molar-refractivity contribution >= 4 is 11.7 Å². The number of rotatable bonds is 5. The van der Waals surface area contributed by atoms with E-state index in [1.54, 1.807) is 0 Å². The summed E-state index contributed by atoms with van der Waals surface area (Å²) >= 11 is 0. The van der Waals surface area contributed by atoms with Crippen molar-refractivity contribution in [3.63, 3.8) is 0 Å². The predicted molar refractivity (Wildman–Crippen MR) is 96.6 cm³/mol. The van der Waals surface area contributed by atoms with Gasteiger partial charge in [-0.3, -0.25) is 9.89 Å². The normalized spacial score (nSPS) is 21.2. The van der Waals surface area contributed by atoms with Gasteiger partial charge in [0, 0.05) is 41.6 Å². The van der Waals surface area contributed by atoms with Crippen LogP contribution in [0.1, 0.15) is 86.9 Å². The second-order valence-electron chi connectivity index (χ2n) is 7.40. The van der Waals surface area contributed by atoms with Gasteiger partial charge in [0.25, 0.3) is 0 Å². The quantitative estimate of drug-likeness (QED) is 0.865. The Labute approximate surface area is 148 Å². The highest BCUT2D eigenvalue weighted by Gasteiger charge is 2.33. The topological polar surface area (TPSA) is 75.6 Å². The zero-order valence-electron chi connectivity index (χ0n) is 14.9. The summed E-state index contributed by atoms with van der Waals surface area (Å²) in [4.78, 5) is 12.4. The Morgan fingerprint density at radius 3 is 2.84 bits per heavy atom. The molecule has 134 valence electrons. The summed E-state index contributed by atoms with van der Waals surface area (Å²) in [6.45, 7) is 3.01. The largest absolute Gasteiger partial charge is 0.311 e. The number of nitrogens with zero attached hydrogens (tertiary/aromatic N) is 3. The van der Waals surface area contributed by atoms with Crippen LogP contribution in [0.5, 0.6) is 0 Å². The first-order chi connectivity index (χ1) is 12.3. The summed E-state index contributed by atoms with van der Waals surface area (Å²) in [5, 5.41) is 15.2. The fourth-order valence-electron chi connectivity index (χ4n) is 4.33. The maximum Gasteiger partial charge on any atom is 0.226 e. The van der Waals surface area contributed by atoms with Crippen LogP contribution in [0.15, 0.2) is 12.4 Å². The van der Waals surface area contributed by atoms with Crippen LogP contribution < -0.4 is 5.32 Å². The molecule has 2 aromatic rings. The molecule has 1 aliphatic heterocycles. The molecule has 2 N–H and O–H groups in total. The predicted octanol–water partition coefficient (Wildman–Crippen LogP) is 3.93. The lowest BCUT2D eigenvalue weighted by molar-refractivity contribution is -0.116. The van der Waals surface area contributed by atoms with Gasteiger partial charge in [-0.15, -0.1) is 0 Å². The number of hydrogen-bond donors (Lipinski definition) is 2. The number of nitrogens with one attached hydrogen (secondary N) is 2. The van der Waals surface area contributed by atoms with Crippen molar-refractivity contribution in [1.82, 2.24) is 20.0 Å². The van der Waals surface area contributed by atoms with Crippen LogP contribution in [0.2, 0.25) is 0 Å². The van der Waals surface area contributed by atoms with E-state index < -0.39 is 0 Å². The number of anilines is 1. The van der Waals surface area contributed by atoms with Gasteiger partial charge < -0.3 is 5.32 Å². The van der Waals surface area contributed by atoms with Gasteiger partial charge in [0.1, 0.15) is 5.82 Å². The molecule has 1 unspecified atom stereocenters. The van der Waals surface area contributed by atoms with Crippen LogP contribution in [0.3, 0.4) is 0 Å². The first-order valence-electron chi connectivity index (χ1n) is 9.66. The average molecular weight is 341 g/mol. The zero-order chi connectivity index (χ0) is 17.2. The third-order valence-electron chi connectivity index (χ3n) is 5.70. The molecule has 1 fully saturated rings. The van der Waals surface area contributed by atoms with Gasteiger partial charge in [-0.05, 0) is 19.3 Å². The van der Waals surface area contributed by atoms with Crippen molar-refractivity contribution in [2.24, 2.45) is 0 Å². The fourth-order valence-corrected chi connectivity index (χ4v) is 4.33. The molecule has 6 heteroatoms. The Bertz CT molecular complexity index is 741. The van der Waals surface area contributed by atoms with Crippen LogP contribution in [0.4, 0.5) is 5.82 Å². The van der Waals surface area contributed by atoms with Crippen molar-refractivity contribution in [2.75, 3.05) is 5.32 Å². The Kier molecular flexibility index (Phi) is 4.59. The molecule has 0 aromatic carbocycles. The molecule has 2 aromatic heterocycles. The van der Waals surface area contributed by atoms with Gasteiger partial charge in [0.15, 0.2) is 0 Å². The Morgan fingerprint density at radius 2 is 2.04 bits per heavy atom. The third kappa shape index (κ3) is 3.10. The SMILES string of the molecule is CCCCn1ncc2c1NC(=O)CC2c1cn[nH]c1C1CCCCC1. The monoisotopic (exact) mass is 341 g/mol. The van der Waals surface area contributed by atoms with Crippen LogP contribution >= 0.6 is 0 Å². The van der Waals surface area contributed by atoms with E-state index in [0.29, 0.717) is 12.3 Å². The van der Waals surface area contributed by atoms with Gasteiger partial charge >= 0.3 is 0 Å². The molecular formula is C19H27N5O. The van der Waals surface area contributed by atoms with Gasteiger partial charge in [-0.25, -0.2) is 4.68 Å². The minimum absolute atomic E-state index is 0.0646. The summed E-state index contributed by atoms with van der Waals surface area (Å²) in [6.07, 6.45) is 12.9. The number of carbonyl (C=O) groups is 1. The van der Waals surface area contributed by atoms with E-state index >= 15 is 0 Å². The maximum absolute atomic E-state index is 12.4. The molecule has 1 atom stereocenters. The number of carbonyl (C=O) groups excluding carboxylic acids is 1. The number of aromatic nitrogens is 4. The van der Waals surface area contributed by atoms with E-state index in [-0.39, 0.29) is 11.8 Å². The van der Waals surface area contributed by atoms with Gasteiger partial charge in [-0.1, -0.05) is 32.6 Å². The number of hydrogen-bond acceptors (Lipinski definition) is 3. The molecule has 3 heterocycles. The Hall–Kier alpha value is -2.11. The molecule has 0 radical (unpaired) electrons. The molecule has 25 heavy (non-hydrogen) atoms. The molecule has 4 rings (SSSR count). The Balaban J connectivity index is 1.67. The lowest BCUT2D eigenvalue weighted by Crippen LogP contribution is -2.25. The van der Waals surface area contributed by atoms with Crippen molar-refractivity contribution < 1.29 is 4.79 Å². The zero-order valence-corrected chi connectivity index (χ0v) is 14.9. The van der Waals surface area contributed by atoms with Crippen molar-refractivity contribution in [2.45, 2.75) is 76.7 Å². The highest BCUT2D eigenvalue weighted by molar-refractivity contribution is 5.94. The van der Waals surface area contributed by atoms with E-state index in [0.717, 1.165) is 30.8 Å². The molecule has 1 aliphatic carbocycles. The summed E-state index contributed by atoms with van der Waals surface area (Å²) in [5.74, 6) is 1.57. The number of unbranched alkanes of at least 4 members (excludes halogenated alkanes) is 1. The molecule has 1 saturated carbocycles. The molecular weight excluding hydrogens is 314 g/mol. The number of amides is 1. The number of fused-ring (bicyclic) bond motifs is 1. The number of H-pyrrole nitrogens is 1. The maximum atomic E-state index is 12.4. The van der Waals surface area contributed by atoms with Crippen LogP contribution in [-0.4, -0.2) is 25.9 Å².